The number of benzene rings is 3. The Morgan fingerprint density at radius 1 is 0.919 bits per heavy atom. The van der Waals surface area contributed by atoms with Gasteiger partial charge in [-0.2, -0.15) is 0 Å². The van der Waals surface area contributed by atoms with Crippen molar-refractivity contribution >= 4 is 33.4 Å². The predicted octanol–water partition coefficient (Wildman–Crippen LogP) is 5.93. The Labute approximate surface area is 216 Å². The second-order valence-electron chi connectivity index (χ2n) is 8.94. The van der Waals surface area contributed by atoms with Gasteiger partial charge < -0.3 is 29.3 Å². The minimum atomic E-state index is 0.0216. The maximum absolute atomic E-state index is 7.81. The van der Waals surface area contributed by atoms with E-state index >= 15 is 0 Å². The molecule has 3 aromatic carbocycles. The second-order valence-corrected chi connectivity index (χ2v) is 8.94. The highest BCUT2D eigenvalue weighted by atomic mass is 16.5. The van der Waals surface area contributed by atoms with Crippen LogP contribution in [0.2, 0.25) is 1.41 Å². The molecule has 0 unspecified atom stereocenters. The first-order valence-corrected chi connectivity index (χ1v) is 12.3. The smallest absolute Gasteiger partial charge is 0.162 e. The van der Waals surface area contributed by atoms with Crippen molar-refractivity contribution in [2.24, 2.45) is 0 Å². The van der Waals surface area contributed by atoms with Gasteiger partial charge in [-0.3, -0.25) is 0 Å². The number of anilines is 2. The van der Waals surface area contributed by atoms with Crippen LogP contribution in [0.15, 0.2) is 71.6 Å². The number of hydrogen-bond acceptors (Lipinski definition) is 8. The highest BCUT2D eigenvalue weighted by molar-refractivity contribution is 5.94. The van der Waals surface area contributed by atoms with Crippen molar-refractivity contribution in [3.63, 3.8) is 0 Å². The SMILES string of the molecule is [2H]N1CCC(Oc2cc3c(Nc4cc(-c5ccc6occc6c5)ccc4OC)ncnc3cc2OC)CC1. The molecule has 1 fully saturated rings. The van der Waals surface area contributed by atoms with E-state index in [0.29, 0.717) is 36.2 Å². The fraction of sp³-hybridized carbons (Fsp3) is 0.241. The van der Waals surface area contributed by atoms with Crippen LogP contribution in [-0.4, -0.2) is 43.4 Å². The van der Waals surface area contributed by atoms with Gasteiger partial charge in [0.25, 0.3) is 0 Å². The molecule has 0 spiro atoms. The number of hydrogen-bond donors (Lipinski definition) is 2. The van der Waals surface area contributed by atoms with E-state index in [-0.39, 0.29) is 6.10 Å². The van der Waals surface area contributed by atoms with Gasteiger partial charge in [-0.15, -0.1) is 0 Å². The van der Waals surface area contributed by atoms with Crippen molar-refractivity contribution in [1.29, 1.82) is 0 Å². The molecule has 5 aromatic rings. The monoisotopic (exact) mass is 497 g/mol. The minimum absolute atomic E-state index is 0.0216. The lowest BCUT2D eigenvalue weighted by Crippen LogP contribution is -2.34. The van der Waals surface area contributed by atoms with Crippen LogP contribution in [0.3, 0.4) is 0 Å². The first kappa shape index (κ1) is 21.9. The predicted molar refractivity (Wildman–Crippen MR) is 144 cm³/mol. The van der Waals surface area contributed by atoms with E-state index in [1.54, 1.807) is 25.8 Å². The molecule has 3 heterocycles. The molecule has 1 aliphatic rings. The Hall–Kier alpha value is -4.30. The van der Waals surface area contributed by atoms with Crippen LogP contribution in [-0.2, 0) is 0 Å². The number of methoxy groups -OCH3 is 2. The number of rotatable bonds is 7. The number of ether oxygens (including phenoxy) is 3. The zero-order valence-electron chi connectivity index (χ0n) is 21.7. The molecule has 8 nitrogen and oxygen atoms in total. The molecule has 0 saturated carbocycles. The van der Waals surface area contributed by atoms with Crippen molar-refractivity contribution < 1.29 is 20.0 Å². The Bertz CT molecular complexity index is 1600. The third-order valence-corrected chi connectivity index (χ3v) is 6.67. The van der Waals surface area contributed by atoms with Gasteiger partial charge in [0, 0.05) is 16.8 Å². The summed E-state index contributed by atoms with van der Waals surface area (Å²) in [5.74, 6) is 2.57. The second kappa shape index (κ2) is 9.99. The first-order valence-electron chi connectivity index (χ1n) is 12.7. The van der Waals surface area contributed by atoms with Crippen LogP contribution in [0.25, 0.3) is 33.0 Å². The number of fused-ring (bicyclic) bond motifs is 2. The number of aromatic nitrogens is 2. The van der Waals surface area contributed by atoms with E-state index in [9.17, 15) is 0 Å². The topological polar surface area (TPSA) is 90.7 Å². The lowest BCUT2D eigenvalue weighted by Gasteiger charge is -2.25. The van der Waals surface area contributed by atoms with Crippen molar-refractivity contribution in [1.82, 2.24) is 15.3 Å². The summed E-state index contributed by atoms with van der Waals surface area (Å²) in [5, 5.41) is 6.88. The van der Waals surface area contributed by atoms with Crippen LogP contribution in [0.4, 0.5) is 11.5 Å². The molecule has 188 valence electrons. The van der Waals surface area contributed by atoms with Crippen LogP contribution < -0.4 is 24.8 Å². The van der Waals surface area contributed by atoms with Gasteiger partial charge in [0.15, 0.2) is 11.5 Å². The molecule has 8 heteroatoms. The van der Waals surface area contributed by atoms with E-state index in [2.05, 4.69) is 21.4 Å². The van der Waals surface area contributed by atoms with E-state index in [1.165, 1.54) is 6.33 Å². The summed E-state index contributed by atoms with van der Waals surface area (Å²) in [6.07, 6.45) is 4.82. The molecule has 0 bridgehead atoms. The Morgan fingerprint density at radius 3 is 2.57 bits per heavy atom. The van der Waals surface area contributed by atoms with Crippen molar-refractivity contribution in [3.05, 3.63) is 67.2 Å². The molecule has 2 aromatic heterocycles. The summed E-state index contributed by atoms with van der Waals surface area (Å²) in [6.45, 7) is 1.36. The molecule has 1 aliphatic heterocycles. The molecular formula is C29H28N4O4. The van der Waals surface area contributed by atoms with Crippen LogP contribution in [0.1, 0.15) is 12.8 Å². The standard InChI is InChI=1S/C29H28N4O4/c1-34-26-6-4-19(18-3-5-25-20(13-18)9-12-36-25)14-24(26)33-29-22-15-28(37-21-7-10-30-11-8-21)27(35-2)16-23(22)31-17-32-29/h3-6,9,12-17,21,30H,7-8,10-11H2,1-2H3,(H,31,32,33)/i/hD. The minimum Gasteiger partial charge on any atom is -0.495 e. The normalized spacial score (nSPS) is 15.0. The van der Waals surface area contributed by atoms with E-state index < -0.39 is 0 Å². The summed E-state index contributed by atoms with van der Waals surface area (Å²) in [5.41, 5.74) is 4.45. The fourth-order valence-electron chi connectivity index (χ4n) is 4.70. The number of nitrogens with one attached hydrogen (secondary N) is 2. The average Bonchev–Trinajstić information content (AvgIpc) is 3.42. The van der Waals surface area contributed by atoms with Crippen molar-refractivity contribution in [3.8, 4) is 28.4 Å². The molecule has 6 rings (SSSR count). The number of piperidine rings is 1. The zero-order valence-corrected chi connectivity index (χ0v) is 20.7. The zero-order chi connectivity index (χ0) is 26.1. The van der Waals surface area contributed by atoms with E-state index in [4.69, 9.17) is 20.0 Å². The van der Waals surface area contributed by atoms with Crippen molar-refractivity contribution in [2.45, 2.75) is 18.9 Å². The maximum Gasteiger partial charge on any atom is 0.162 e. The summed E-state index contributed by atoms with van der Waals surface area (Å²) in [4.78, 5) is 9.01. The molecule has 0 radical (unpaired) electrons. The Morgan fingerprint density at radius 2 is 1.73 bits per heavy atom. The van der Waals surface area contributed by atoms with E-state index in [1.807, 2.05) is 48.5 Å². The van der Waals surface area contributed by atoms with Gasteiger partial charge in [-0.05, 0) is 73.5 Å². The molecule has 0 aliphatic carbocycles. The lowest BCUT2D eigenvalue weighted by molar-refractivity contribution is 0.157. The van der Waals surface area contributed by atoms with Crippen molar-refractivity contribution in [2.75, 3.05) is 32.6 Å². The van der Waals surface area contributed by atoms with Crippen LogP contribution in [0, 0.1) is 0 Å². The van der Waals surface area contributed by atoms with Gasteiger partial charge in [0.2, 0.25) is 0 Å². The maximum atomic E-state index is 7.81. The molecule has 0 amide bonds. The van der Waals surface area contributed by atoms with Gasteiger partial charge in [0.1, 0.15) is 31.0 Å². The summed E-state index contributed by atoms with van der Waals surface area (Å²) in [6, 6.07) is 17.9. The number of nitrogens with zero attached hydrogens (tertiary/aromatic N) is 2. The summed E-state index contributed by atoms with van der Waals surface area (Å²) >= 11 is 0. The first-order chi connectivity index (χ1) is 18.6. The molecule has 37 heavy (non-hydrogen) atoms. The lowest BCUT2D eigenvalue weighted by atomic mass is 10.0. The van der Waals surface area contributed by atoms with Gasteiger partial charge in [0.05, 0.1) is 31.7 Å². The van der Waals surface area contributed by atoms with Gasteiger partial charge in [-0.1, -0.05) is 12.1 Å². The largest absolute Gasteiger partial charge is 0.495 e. The quantitative estimate of drug-likeness (QED) is 0.286. The highest BCUT2D eigenvalue weighted by Crippen LogP contribution is 2.38. The fourth-order valence-corrected chi connectivity index (χ4v) is 4.70. The van der Waals surface area contributed by atoms with Gasteiger partial charge in [-0.25, -0.2) is 9.97 Å². The average molecular weight is 498 g/mol. The Balaban J connectivity index is 1.36. The molecular weight excluding hydrogens is 468 g/mol. The Kier molecular flexibility index (Phi) is 5.92. The molecule has 2 N–H and O–H groups in total. The molecule has 0 atom stereocenters. The summed E-state index contributed by atoms with van der Waals surface area (Å²) < 4.78 is 30.9. The summed E-state index contributed by atoms with van der Waals surface area (Å²) in [7, 11) is 3.27. The third-order valence-electron chi connectivity index (χ3n) is 6.67. The number of furan rings is 1. The van der Waals surface area contributed by atoms with Crippen LogP contribution >= 0.6 is 0 Å². The molecule has 1 saturated heterocycles. The van der Waals surface area contributed by atoms with Gasteiger partial charge >= 0.3 is 0 Å². The van der Waals surface area contributed by atoms with Crippen LogP contribution in [0.5, 0.6) is 17.2 Å². The third kappa shape index (κ3) is 4.63. The van der Waals surface area contributed by atoms with E-state index in [0.717, 1.165) is 51.5 Å². The highest BCUT2D eigenvalue weighted by Gasteiger charge is 2.19.